The molecule has 4 nitrogen and oxygen atoms in total. The fraction of sp³-hybridized carbons (Fsp3) is 0.500. The van der Waals surface area contributed by atoms with Gasteiger partial charge in [0.25, 0.3) is 0 Å². The van der Waals surface area contributed by atoms with E-state index in [9.17, 15) is 4.79 Å². The fourth-order valence-corrected chi connectivity index (χ4v) is 1.52. The molecule has 2 N–H and O–H groups in total. The highest BCUT2D eigenvalue weighted by Crippen LogP contribution is 2.16. The second-order valence-electron chi connectivity index (χ2n) is 4.74. The number of methoxy groups -OCH3 is 1. The third kappa shape index (κ3) is 4.65. The average molecular weight is 250 g/mol. The van der Waals surface area contributed by atoms with Crippen molar-refractivity contribution >= 4 is 6.03 Å². The predicted octanol–water partition coefficient (Wildman–Crippen LogP) is 2.71. The van der Waals surface area contributed by atoms with E-state index in [1.165, 1.54) is 0 Å². The fourth-order valence-electron chi connectivity index (χ4n) is 1.52. The molecule has 1 aromatic rings. The van der Waals surface area contributed by atoms with Crippen LogP contribution in [0.3, 0.4) is 0 Å². The van der Waals surface area contributed by atoms with Crippen molar-refractivity contribution in [2.45, 2.75) is 26.8 Å². The van der Waals surface area contributed by atoms with Crippen LogP contribution in [0.15, 0.2) is 24.3 Å². The zero-order valence-electron chi connectivity index (χ0n) is 11.5. The molecule has 4 heteroatoms. The number of benzene rings is 1. The van der Waals surface area contributed by atoms with Crippen LogP contribution in [0.2, 0.25) is 0 Å². The lowest BCUT2D eigenvalue weighted by atomic mass is 10.1. The maximum Gasteiger partial charge on any atom is 0.315 e. The van der Waals surface area contributed by atoms with Crippen LogP contribution < -0.4 is 15.4 Å². The molecular weight excluding hydrogens is 228 g/mol. The number of amides is 2. The van der Waals surface area contributed by atoms with Crippen LogP contribution in [0, 0.1) is 5.92 Å². The number of nitrogens with one attached hydrogen (secondary N) is 2. The normalized spacial score (nSPS) is 12.1. The minimum absolute atomic E-state index is 0.0249. The van der Waals surface area contributed by atoms with Gasteiger partial charge in [0.1, 0.15) is 5.75 Å². The average Bonchev–Trinajstić information content (AvgIpc) is 2.36. The molecule has 0 heterocycles. The second-order valence-corrected chi connectivity index (χ2v) is 4.74. The number of rotatable bonds is 5. The van der Waals surface area contributed by atoms with Crippen molar-refractivity contribution in [3.63, 3.8) is 0 Å². The number of hydrogen-bond donors (Lipinski definition) is 2. The Balaban J connectivity index is 2.48. The van der Waals surface area contributed by atoms with Crippen LogP contribution in [0.4, 0.5) is 4.79 Å². The molecule has 0 aliphatic carbocycles. The summed E-state index contributed by atoms with van der Waals surface area (Å²) in [5, 5.41) is 5.73. The Bertz CT molecular complexity index is 374. The molecule has 1 rings (SSSR count). The summed E-state index contributed by atoms with van der Waals surface area (Å²) in [5.74, 6) is 1.27. The van der Waals surface area contributed by atoms with Crippen molar-refractivity contribution < 1.29 is 9.53 Å². The van der Waals surface area contributed by atoms with E-state index in [2.05, 4.69) is 24.5 Å². The largest absolute Gasteiger partial charge is 0.497 e. The van der Waals surface area contributed by atoms with E-state index in [4.69, 9.17) is 4.74 Å². The molecule has 0 saturated heterocycles. The number of ether oxygens (including phenoxy) is 1. The Morgan fingerprint density at radius 1 is 1.22 bits per heavy atom. The minimum atomic E-state index is -0.132. The summed E-state index contributed by atoms with van der Waals surface area (Å²) in [6, 6.07) is 7.52. The van der Waals surface area contributed by atoms with Crippen LogP contribution in [-0.2, 0) is 0 Å². The van der Waals surface area contributed by atoms with Crippen LogP contribution >= 0.6 is 0 Å². The van der Waals surface area contributed by atoms with Gasteiger partial charge < -0.3 is 15.4 Å². The van der Waals surface area contributed by atoms with Gasteiger partial charge in [-0.3, -0.25) is 0 Å². The number of carbonyl (C=O) groups excluding carboxylic acids is 1. The lowest BCUT2D eigenvalue weighted by Gasteiger charge is -2.16. The molecule has 1 aromatic carbocycles. The minimum Gasteiger partial charge on any atom is -0.497 e. The van der Waals surface area contributed by atoms with Crippen LogP contribution in [-0.4, -0.2) is 19.7 Å². The van der Waals surface area contributed by atoms with E-state index in [1.807, 2.05) is 31.2 Å². The molecule has 1 atom stereocenters. The summed E-state index contributed by atoms with van der Waals surface area (Å²) in [5.41, 5.74) is 1.05. The van der Waals surface area contributed by atoms with Crippen molar-refractivity contribution in [2.24, 2.45) is 5.92 Å². The first-order valence-corrected chi connectivity index (χ1v) is 6.21. The quantitative estimate of drug-likeness (QED) is 0.844. The van der Waals surface area contributed by atoms with Crippen molar-refractivity contribution in [3.8, 4) is 5.75 Å². The van der Waals surface area contributed by atoms with E-state index < -0.39 is 0 Å². The highest BCUT2D eigenvalue weighted by atomic mass is 16.5. The molecule has 0 spiro atoms. The molecule has 0 aromatic heterocycles. The summed E-state index contributed by atoms with van der Waals surface area (Å²) in [4.78, 5) is 11.6. The SMILES string of the molecule is COc1ccc(C(C)NC(=O)NCC(C)C)cc1. The third-order valence-corrected chi connectivity index (χ3v) is 2.63. The van der Waals surface area contributed by atoms with E-state index in [0.717, 1.165) is 11.3 Å². The highest BCUT2D eigenvalue weighted by molar-refractivity contribution is 5.74. The predicted molar refractivity (Wildman–Crippen MR) is 72.8 cm³/mol. The van der Waals surface area contributed by atoms with E-state index in [0.29, 0.717) is 12.5 Å². The van der Waals surface area contributed by atoms with Crippen molar-refractivity contribution in [1.82, 2.24) is 10.6 Å². The maximum atomic E-state index is 11.6. The zero-order valence-corrected chi connectivity index (χ0v) is 11.5. The maximum absolute atomic E-state index is 11.6. The Hall–Kier alpha value is -1.71. The summed E-state index contributed by atoms with van der Waals surface area (Å²) < 4.78 is 5.10. The van der Waals surface area contributed by atoms with E-state index in [1.54, 1.807) is 7.11 Å². The van der Waals surface area contributed by atoms with Crippen molar-refractivity contribution in [2.75, 3.05) is 13.7 Å². The standard InChI is InChI=1S/C14H22N2O2/c1-10(2)9-15-14(17)16-11(3)12-5-7-13(18-4)8-6-12/h5-8,10-11H,9H2,1-4H3,(H2,15,16,17). The molecule has 0 aliphatic rings. The molecule has 1 unspecified atom stereocenters. The Labute approximate surface area is 109 Å². The van der Waals surface area contributed by atoms with Gasteiger partial charge in [-0.05, 0) is 30.5 Å². The highest BCUT2D eigenvalue weighted by Gasteiger charge is 2.09. The van der Waals surface area contributed by atoms with Crippen molar-refractivity contribution in [3.05, 3.63) is 29.8 Å². The second kappa shape index (κ2) is 6.89. The molecule has 18 heavy (non-hydrogen) atoms. The van der Waals surface area contributed by atoms with Gasteiger partial charge >= 0.3 is 6.03 Å². The first-order valence-electron chi connectivity index (χ1n) is 6.21. The van der Waals surface area contributed by atoms with Crippen LogP contribution in [0.25, 0.3) is 0 Å². The molecule has 0 saturated carbocycles. The first-order chi connectivity index (χ1) is 8.52. The van der Waals surface area contributed by atoms with Gasteiger partial charge in [0.2, 0.25) is 0 Å². The first kappa shape index (κ1) is 14.4. The lowest BCUT2D eigenvalue weighted by molar-refractivity contribution is 0.236. The van der Waals surface area contributed by atoms with Crippen molar-refractivity contribution in [1.29, 1.82) is 0 Å². The van der Waals surface area contributed by atoms with E-state index >= 15 is 0 Å². The zero-order chi connectivity index (χ0) is 13.5. The van der Waals surface area contributed by atoms with Crippen LogP contribution in [0.5, 0.6) is 5.75 Å². The topological polar surface area (TPSA) is 50.4 Å². The van der Waals surface area contributed by atoms with E-state index in [-0.39, 0.29) is 12.1 Å². The van der Waals surface area contributed by atoms with Gasteiger partial charge in [0.05, 0.1) is 13.2 Å². The Morgan fingerprint density at radius 2 is 1.83 bits per heavy atom. The molecule has 100 valence electrons. The smallest absolute Gasteiger partial charge is 0.315 e. The molecular formula is C14H22N2O2. The molecule has 2 amide bonds. The summed E-state index contributed by atoms with van der Waals surface area (Å²) >= 11 is 0. The Morgan fingerprint density at radius 3 is 2.33 bits per heavy atom. The summed E-state index contributed by atoms with van der Waals surface area (Å²) in [7, 11) is 1.63. The van der Waals surface area contributed by atoms with Gasteiger partial charge in [-0.1, -0.05) is 26.0 Å². The Kier molecular flexibility index (Phi) is 5.49. The molecule has 0 fully saturated rings. The lowest BCUT2D eigenvalue weighted by Crippen LogP contribution is -2.38. The van der Waals surface area contributed by atoms with Gasteiger partial charge in [-0.15, -0.1) is 0 Å². The van der Waals surface area contributed by atoms with Crippen LogP contribution in [0.1, 0.15) is 32.4 Å². The molecule has 0 aliphatic heterocycles. The summed E-state index contributed by atoms with van der Waals surface area (Å²) in [6.45, 7) is 6.76. The number of carbonyl (C=O) groups is 1. The number of hydrogen-bond acceptors (Lipinski definition) is 2. The molecule has 0 bridgehead atoms. The molecule has 0 radical (unpaired) electrons. The monoisotopic (exact) mass is 250 g/mol. The third-order valence-electron chi connectivity index (χ3n) is 2.63. The summed E-state index contributed by atoms with van der Waals surface area (Å²) in [6.07, 6.45) is 0. The van der Waals surface area contributed by atoms with Gasteiger partial charge in [-0.2, -0.15) is 0 Å². The number of urea groups is 1. The van der Waals surface area contributed by atoms with Gasteiger partial charge in [0.15, 0.2) is 0 Å². The van der Waals surface area contributed by atoms with Gasteiger partial charge in [0, 0.05) is 6.54 Å². The van der Waals surface area contributed by atoms with Gasteiger partial charge in [-0.25, -0.2) is 4.79 Å².